The normalized spacial score (nSPS) is 12.3. The molecule has 0 aliphatic carbocycles. The monoisotopic (exact) mass is 307 g/mol. The van der Waals surface area contributed by atoms with Gasteiger partial charge in [0.1, 0.15) is 0 Å². The molecule has 0 aliphatic rings. The molecule has 4 N–H and O–H groups in total. The van der Waals surface area contributed by atoms with Gasteiger partial charge in [0.05, 0.1) is 0 Å². The van der Waals surface area contributed by atoms with Crippen LogP contribution in [-0.2, 0) is 6.54 Å². The van der Waals surface area contributed by atoms with Crippen LogP contribution < -0.4 is 5.32 Å². The summed E-state index contributed by atoms with van der Waals surface area (Å²) in [6.07, 6.45) is 0.868. The molecule has 4 nitrogen and oxygen atoms in total. The average Bonchev–Trinajstić information content (AvgIpc) is 2.49. The van der Waals surface area contributed by atoms with Crippen molar-refractivity contribution in [1.29, 1.82) is 0 Å². The third-order valence-corrected chi connectivity index (χ3v) is 3.68. The zero-order valence-electron chi connectivity index (χ0n) is 11.7. The summed E-state index contributed by atoms with van der Waals surface area (Å²) in [5, 5.41) is 32.6. The van der Waals surface area contributed by atoms with Crippen molar-refractivity contribution in [3.8, 4) is 17.2 Å². The van der Waals surface area contributed by atoms with Gasteiger partial charge in [-0.1, -0.05) is 36.7 Å². The van der Waals surface area contributed by atoms with Gasteiger partial charge in [-0.3, -0.25) is 0 Å². The van der Waals surface area contributed by atoms with Crippen LogP contribution in [0.5, 0.6) is 17.2 Å². The summed E-state index contributed by atoms with van der Waals surface area (Å²) >= 11 is 5.88. The van der Waals surface area contributed by atoms with Crippen molar-refractivity contribution in [2.75, 3.05) is 0 Å². The molecule has 0 heterocycles. The van der Waals surface area contributed by atoms with Gasteiger partial charge in [-0.15, -0.1) is 0 Å². The van der Waals surface area contributed by atoms with Gasteiger partial charge < -0.3 is 20.6 Å². The van der Waals surface area contributed by atoms with Gasteiger partial charge in [0.25, 0.3) is 0 Å². The fourth-order valence-electron chi connectivity index (χ4n) is 2.18. The molecule has 0 bridgehead atoms. The maximum Gasteiger partial charge on any atom is 0.200 e. The number of hydrogen-bond acceptors (Lipinski definition) is 4. The lowest BCUT2D eigenvalue weighted by Gasteiger charge is -2.18. The summed E-state index contributed by atoms with van der Waals surface area (Å²) in [4.78, 5) is 0. The SMILES string of the molecule is CCC(NCc1ccc(O)c(O)c1O)c1ccc(Cl)cc1. The number of nitrogens with one attached hydrogen (secondary N) is 1. The Balaban J connectivity index is 2.10. The van der Waals surface area contributed by atoms with E-state index in [1.54, 1.807) is 6.07 Å². The van der Waals surface area contributed by atoms with E-state index in [4.69, 9.17) is 11.6 Å². The zero-order chi connectivity index (χ0) is 15.4. The molecular formula is C16H18ClNO3. The molecule has 0 aromatic heterocycles. The molecule has 5 heteroatoms. The van der Waals surface area contributed by atoms with E-state index in [0.717, 1.165) is 12.0 Å². The highest BCUT2D eigenvalue weighted by atomic mass is 35.5. The van der Waals surface area contributed by atoms with Crippen LogP contribution in [0.4, 0.5) is 0 Å². The van der Waals surface area contributed by atoms with E-state index in [0.29, 0.717) is 17.1 Å². The maximum absolute atomic E-state index is 9.80. The highest BCUT2D eigenvalue weighted by Crippen LogP contribution is 2.37. The number of phenolic OH excluding ortho intramolecular Hbond substituents is 3. The first kappa shape index (κ1) is 15.5. The van der Waals surface area contributed by atoms with Gasteiger partial charge in [0.2, 0.25) is 5.75 Å². The molecular weight excluding hydrogens is 290 g/mol. The van der Waals surface area contributed by atoms with Crippen molar-refractivity contribution in [1.82, 2.24) is 5.32 Å². The molecule has 0 aliphatic heterocycles. The Morgan fingerprint density at radius 3 is 2.29 bits per heavy atom. The fourth-order valence-corrected chi connectivity index (χ4v) is 2.31. The first-order chi connectivity index (χ1) is 10.0. The van der Waals surface area contributed by atoms with Gasteiger partial charge in [-0.2, -0.15) is 0 Å². The quantitative estimate of drug-likeness (QED) is 0.636. The highest BCUT2D eigenvalue weighted by Gasteiger charge is 2.13. The van der Waals surface area contributed by atoms with Crippen LogP contribution >= 0.6 is 11.6 Å². The second-order valence-electron chi connectivity index (χ2n) is 4.83. The van der Waals surface area contributed by atoms with E-state index < -0.39 is 5.75 Å². The largest absolute Gasteiger partial charge is 0.504 e. The number of phenols is 3. The molecule has 21 heavy (non-hydrogen) atoms. The van der Waals surface area contributed by atoms with Crippen LogP contribution in [0.15, 0.2) is 36.4 Å². The summed E-state index contributed by atoms with van der Waals surface area (Å²) < 4.78 is 0. The summed E-state index contributed by atoms with van der Waals surface area (Å²) in [5.41, 5.74) is 1.63. The first-order valence-electron chi connectivity index (χ1n) is 6.74. The Morgan fingerprint density at radius 1 is 1.00 bits per heavy atom. The number of aromatic hydroxyl groups is 3. The molecule has 0 radical (unpaired) electrons. The molecule has 0 amide bonds. The summed E-state index contributed by atoms with van der Waals surface area (Å²) in [6, 6.07) is 10.6. The Labute approximate surface area is 128 Å². The van der Waals surface area contributed by atoms with E-state index in [2.05, 4.69) is 12.2 Å². The van der Waals surface area contributed by atoms with Crippen molar-refractivity contribution >= 4 is 11.6 Å². The lowest BCUT2D eigenvalue weighted by molar-refractivity contribution is 0.363. The van der Waals surface area contributed by atoms with Crippen molar-refractivity contribution in [3.05, 3.63) is 52.5 Å². The molecule has 2 rings (SSSR count). The third-order valence-electron chi connectivity index (χ3n) is 3.43. The van der Waals surface area contributed by atoms with E-state index in [-0.39, 0.29) is 17.5 Å². The van der Waals surface area contributed by atoms with Crippen LogP contribution in [0.3, 0.4) is 0 Å². The smallest absolute Gasteiger partial charge is 0.200 e. The van der Waals surface area contributed by atoms with Crippen LogP contribution in [0.25, 0.3) is 0 Å². The number of halogens is 1. The lowest BCUT2D eigenvalue weighted by atomic mass is 10.0. The molecule has 0 saturated heterocycles. The minimum absolute atomic E-state index is 0.109. The Bertz CT molecular complexity index is 614. The van der Waals surface area contributed by atoms with Crippen LogP contribution in [0.2, 0.25) is 5.02 Å². The van der Waals surface area contributed by atoms with Crippen molar-refractivity contribution in [2.45, 2.75) is 25.9 Å². The van der Waals surface area contributed by atoms with E-state index in [1.807, 2.05) is 24.3 Å². The average molecular weight is 308 g/mol. The summed E-state index contributed by atoms with van der Waals surface area (Å²) in [5.74, 6) is -1.12. The summed E-state index contributed by atoms with van der Waals surface area (Å²) in [7, 11) is 0. The zero-order valence-corrected chi connectivity index (χ0v) is 12.4. The topological polar surface area (TPSA) is 72.7 Å². The van der Waals surface area contributed by atoms with Gasteiger partial charge in [0.15, 0.2) is 11.5 Å². The van der Waals surface area contributed by atoms with Gasteiger partial charge in [0, 0.05) is 23.2 Å². The van der Waals surface area contributed by atoms with Gasteiger partial charge in [-0.05, 0) is 30.2 Å². The number of benzene rings is 2. The Kier molecular flexibility index (Phi) is 4.94. The first-order valence-corrected chi connectivity index (χ1v) is 7.12. The minimum atomic E-state index is -0.492. The van der Waals surface area contributed by atoms with Crippen LogP contribution in [0.1, 0.15) is 30.5 Å². The molecule has 1 atom stereocenters. The number of hydrogen-bond donors (Lipinski definition) is 4. The second kappa shape index (κ2) is 6.70. The molecule has 2 aromatic rings. The van der Waals surface area contributed by atoms with Gasteiger partial charge in [-0.25, -0.2) is 0 Å². The predicted octanol–water partition coefficient (Wildman–Crippen LogP) is 3.70. The van der Waals surface area contributed by atoms with Crippen LogP contribution in [-0.4, -0.2) is 15.3 Å². The second-order valence-corrected chi connectivity index (χ2v) is 5.27. The molecule has 112 valence electrons. The fraction of sp³-hybridized carbons (Fsp3) is 0.250. The number of rotatable bonds is 5. The summed E-state index contributed by atoms with van der Waals surface area (Å²) in [6.45, 7) is 2.43. The lowest BCUT2D eigenvalue weighted by Crippen LogP contribution is -2.20. The van der Waals surface area contributed by atoms with E-state index in [1.165, 1.54) is 6.07 Å². The van der Waals surface area contributed by atoms with Crippen molar-refractivity contribution < 1.29 is 15.3 Å². The van der Waals surface area contributed by atoms with E-state index in [9.17, 15) is 15.3 Å². The van der Waals surface area contributed by atoms with Crippen molar-refractivity contribution in [2.24, 2.45) is 0 Å². The Hall–Kier alpha value is -1.91. The molecule has 1 unspecified atom stereocenters. The van der Waals surface area contributed by atoms with E-state index >= 15 is 0 Å². The van der Waals surface area contributed by atoms with Crippen molar-refractivity contribution in [3.63, 3.8) is 0 Å². The molecule has 0 fully saturated rings. The predicted molar refractivity (Wildman–Crippen MR) is 82.8 cm³/mol. The highest BCUT2D eigenvalue weighted by molar-refractivity contribution is 6.30. The molecule has 0 saturated carbocycles. The Morgan fingerprint density at radius 2 is 1.67 bits per heavy atom. The molecule has 2 aromatic carbocycles. The van der Waals surface area contributed by atoms with Gasteiger partial charge >= 0.3 is 0 Å². The minimum Gasteiger partial charge on any atom is -0.504 e. The standard InChI is InChI=1S/C16H18ClNO3/c1-2-13(10-3-6-12(17)7-4-10)18-9-11-5-8-14(19)16(21)15(11)20/h3-8,13,18-21H,2,9H2,1H3. The third kappa shape index (κ3) is 3.60. The van der Waals surface area contributed by atoms with Crippen LogP contribution in [0, 0.1) is 0 Å². The molecule has 0 spiro atoms. The maximum atomic E-state index is 9.80.